The van der Waals surface area contributed by atoms with E-state index < -0.39 is 0 Å². The van der Waals surface area contributed by atoms with Crippen LogP contribution in [-0.4, -0.2) is 48.2 Å². The van der Waals surface area contributed by atoms with Crippen molar-refractivity contribution >= 4 is 11.7 Å². The fourth-order valence-electron chi connectivity index (χ4n) is 4.52. The minimum Gasteiger partial charge on any atom is -0.490 e. The number of benzene rings is 1. The van der Waals surface area contributed by atoms with Gasteiger partial charge in [0.25, 0.3) is 11.5 Å². The number of rotatable bonds is 8. The molecule has 8 nitrogen and oxygen atoms in total. The monoisotopic (exact) mass is 503 g/mol. The number of piperazine rings is 1. The third-order valence-electron chi connectivity index (χ3n) is 6.95. The highest BCUT2D eigenvalue weighted by atomic mass is 16.5. The van der Waals surface area contributed by atoms with Crippen LogP contribution in [-0.2, 0) is 6.54 Å². The summed E-state index contributed by atoms with van der Waals surface area (Å²) in [5, 5.41) is 6.30. The summed E-state index contributed by atoms with van der Waals surface area (Å²) in [6.45, 7) is 13.6. The molecular weight excluding hydrogens is 466 g/mol. The molecule has 1 aliphatic rings. The smallest absolute Gasteiger partial charge is 0.253 e. The molecule has 0 bridgehead atoms. The lowest BCUT2D eigenvalue weighted by atomic mass is 9.98. The Morgan fingerprint density at radius 3 is 2.54 bits per heavy atom. The number of carbonyl (C=O) groups is 1. The summed E-state index contributed by atoms with van der Waals surface area (Å²) in [6, 6.07) is 9.83. The quantitative estimate of drug-likeness (QED) is 0.432. The van der Waals surface area contributed by atoms with Gasteiger partial charge in [0.05, 0.1) is 6.10 Å². The van der Waals surface area contributed by atoms with Gasteiger partial charge in [0, 0.05) is 66.9 Å². The van der Waals surface area contributed by atoms with Crippen molar-refractivity contribution in [3.63, 3.8) is 0 Å². The molecule has 0 aliphatic carbocycles. The second-order valence-electron chi connectivity index (χ2n) is 9.75. The van der Waals surface area contributed by atoms with E-state index in [-0.39, 0.29) is 24.1 Å². The van der Waals surface area contributed by atoms with Crippen LogP contribution < -0.4 is 25.8 Å². The van der Waals surface area contributed by atoms with Crippen molar-refractivity contribution in [2.24, 2.45) is 0 Å². The van der Waals surface area contributed by atoms with Crippen molar-refractivity contribution < 1.29 is 9.53 Å². The van der Waals surface area contributed by atoms with Gasteiger partial charge >= 0.3 is 0 Å². The largest absolute Gasteiger partial charge is 0.490 e. The van der Waals surface area contributed by atoms with E-state index in [1.165, 1.54) is 0 Å². The van der Waals surface area contributed by atoms with Crippen LogP contribution in [0.3, 0.4) is 0 Å². The molecule has 0 saturated carbocycles. The molecule has 37 heavy (non-hydrogen) atoms. The first-order valence-corrected chi connectivity index (χ1v) is 13.0. The Morgan fingerprint density at radius 2 is 1.89 bits per heavy atom. The molecule has 1 amide bonds. The Hall–Kier alpha value is -3.65. The molecule has 1 aromatic carbocycles. The first-order chi connectivity index (χ1) is 17.8. The molecule has 196 valence electrons. The highest BCUT2D eigenvalue weighted by molar-refractivity contribution is 5.97. The molecule has 0 radical (unpaired) electrons. The molecule has 1 saturated heterocycles. The van der Waals surface area contributed by atoms with Gasteiger partial charge in [0.15, 0.2) is 0 Å². The van der Waals surface area contributed by atoms with Gasteiger partial charge < -0.3 is 25.3 Å². The van der Waals surface area contributed by atoms with E-state index in [0.29, 0.717) is 16.9 Å². The number of aromatic nitrogens is 2. The first kappa shape index (κ1) is 26.4. The Morgan fingerprint density at radius 1 is 1.14 bits per heavy atom. The number of amides is 1. The van der Waals surface area contributed by atoms with Gasteiger partial charge in [-0.05, 0) is 75.6 Å². The lowest BCUT2D eigenvalue weighted by Gasteiger charge is -2.28. The number of nitrogens with one attached hydrogen (secondary N) is 3. The zero-order valence-corrected chi connectivity index (χ0v) is 22.4. The van der Waals surface area contributed by atoms with E-state index in [1.54, 1.807) is 0 Å². The molecule has 3 heterocycles. The lowest BCUT2D eigenvalue weighted by Crippen LogP contribution is -2.43. The maximum Gasteiger partial charge on any atom is 0.253 e. The Balaban J connectivity index is 1.64. The number of pyridine rings is 2. The Bertz CT molecular complexity index is 1310. The third-order valence-corrected chi connectivity index (χ3v) is 6.95. The van der Waals surface area contributed by atoms with Gasteiger partial charge in [-0.3, -0.25) is 9.59 Å². The van der Waals surface area contributed by atoms with Crippen LogP contribution in [0.15, 0.2) is 41.3 Å². The fraction of sp³-hybridized carbons (Fsp3) is 0.414. The number of aryl methyl sites for hydroxylation is 2. The Kier molecular flexibility index (Phi) is 8.28. The van der Waals surface area contributed by atoms with Gasteiger partial charge in [-0.2, -0.15) is 0 Å². The van der Waals surface area contributed by atoms with E-state index in [4.69, 9.17) is 9.72 Å². The number of anilines is 1. The SMILES string of the molecule is CCC(C)Oc1cc(-c2ccc(N3CCNCC3)nc2)cc(C(=O)NCc2c(C)cc(C)[nH]c2=O)c1C. The normalized spacial score (nSPS) is 14.4. The van der Waals surface area contributed by atoms with Gasteiger partial charge in [0.1, 0.15) is 11.6 Å². The average molecular weight is 504 g/mol. The fourth-order valence-corrected chi connectivity index (χ4v) is 4.52. The summed E-state index contributed by atoms with van der Waals surface area (Å²) >= 11 is 0. The molecule has 3 N–H and O–H groups in total. The number of hydrogen-bond donors (Lipinski definition) is 3. The molecule has 3 aromatic rings. The second-order valence-corrected chi connectivity index (χ2v) is 9.75. The second kappa shape index (κ2) is 11.6. The van der Waals surface area contributed by atoms with Crippen LogP contribution in [0, 0.1) is 20.8 Å². The van der Waals surface area contributed by atoms with Gasteiger partial charge in [-0.1, -0.05) is 6.92 Å². The topological polar surface area (TPSA) is 99.3 Å². The summed E-state index contributed by atoms with van der Waals surface area (Å²) in [5.41, 5.74) is 5.07. The van der Waals surface area contributed by atoms with Crippen LogP contribution in [0.1, 0.15) is 53.0 Å². The first-order valence-electron chi connectivity index (χ1n) is 13.0. The van der Waals surface area contributed by atoms with Crippen molar-refractivity contribution in [3.05, 3.63) is 74.8 Å². The lowest BCUT2D eigenvalue weighted by molar-refractivity contribution is 0.0949. The van der Waals surface area contributed by atoms with E-state index in [2.05, 4.69) is 27.4 Å². The number of carbonyl (C=O) groups excluding carboxylic acids is 1. The number of ether oxygens (including phenoxy) is 1. The van der Waals surface area contributed by atoms with Crippen molar-refractivity contribution in [1.82, 2.24) is 20.6 Å². The summed E-state index contributed by atoms with van der Waals surface area (Å²) in [5.74, 6) is 1.37. The van der Waals surface area contributed by atoms with Crippen molar-refractivity contribution in [2.75, 3.05) is 31.1 Å². The predicted molar refractivity (Wildman–Crippen MR) is 148 cm³/mol. The number of nitrogens with zero attached hydrogens (tertiary/aromatic N) is 2. The highest BCUT2D eigenvalue weighted by Crippen LogP contribution is 2.32. The maximum absolute atomic E-state index is 13.4. The minimum absolute atomic E-state index is 0.00633. The molecular formula is C29H37N5O3. The van der Waals surface area contributed by atoms with Crippen molar-refractivity contribution in [3.8, 4) is 16.9 Å². The zero-order chi connectivity index (χ0) is 26.5. The molecule has 4 rings (SSSR count). The minimum atomic E-state index is -0.252. The van der Waals surface area contributed by atoms with E-state index in [1.807, 2.05) is 64.2 Å². The molecule has 0 spiro atoms. The number of hydrogen-bond acceptors (Lipinski definition) is 6. The van der Waals surface area contributed by atoms with Gasteiger partial charge in [-0.15, -0.1) is 0 Å². The van der Waals surface area contributed by atoms with Crippen LogP contribution in [0.2, 0.25) is 0 Å². The Labute approximate surface area is 218 Å². The number of H-pyrrole nitrogens is 1. The predicted octanol–water partition coefficient (Wildman–Crippen LogP) is 3.88. The molecule has 8 heteroatoms. The standard InChI is InChI=1S/C29H37N5O3/c1-6-20(4)37-26-15-23(22-7-8-27(31-16-22)34-11-9-30-10-12-34)14-24(21(26)5)28(35)32-17-25-18(2)13-19(3)33-29(25)36/h7-8,13-16,20,30H,6,9-12,17H2,1-5H3,(H,32,35)(H,33,36). The summed E-state index contributed by atoms with van der Waals surface area (Å²) < 4.78 is 6.21. The highest BCUT2D eigenvalue weighted by Gasteiger charge is 2.19. The van der Waals surface area contributed by atoms with E-state index in [0.717, 1.165) is 66.4 Å². The van der Waals surface area contributed by atoms with Crippen LogP contribution in [0.4, 0.5) is 5.82 Å². The van der Waals surface area contributed by atoms with Gasteiger partial charge in [-0.25, -0.2) is 4.98 Å². The van der Waals surface area contributed by atoms with Gasteiger partial charge in [0.2, 0.25) is 0 Å². The van der Waals surface area contributed by atoms with E-state index >= 15 is 0 Å². The summed E-state index contributed by atoms with van der Waals surface area (Å²) in [4.78, 5) is 35.6. The molecule has 2 aromatic heterocycles. The third kappa shape index (κ3) is 6.20. The van der Waals surface area contributed by atoms with Crippen LogP contribution in [0.25, 0.3) is 11.1 Å². The average Bonchev–Trinajstić information content (AvgIpc) is 2.89. The summed E-state index contributed by atoms with van der Waals surface area (Å²) in [6.07, 6.45) is 2.71. The van der Waals surface area contributed by atoms with Crippen LogP contribution in [0.5, 0.6) is 5.75 Å². The van der Waals surface area contributed by atoms with Crippen molar-refractivity contribution in [1.29, 1.82) is 0 Å². The zero-order valence-electron chi connectivity index (χ0n) is 22.4. The van der Waals surface area contributed by atoms with Crippen LogP contribution >= 0.6 is 0 Å². The molecule has 1 atom stereocenters. The van der Waals surface area contributed by atoms with E-state index in [9.17, 15) is 9.59 Å². The molecule has 1 unspecified atom stereocenters. The van der Waals surface area contributed by atoms with Crippen molar-refractivity contribution in [2.45, 2.75) is 53.7 Å². The molecule has 1 aliphatic heterocycles. The number of aromatic amines is 1. The summed E-state index contributed by atoms with van der Waals surface area (Å²) in [7, 11) is 0. The maximum atomic E-state index is 13.4. The molecule has 1 fully saturated rings.